The molecule has 2 aromatic rings. The smallest absolute Gasteiger partial charge is 0.433 e. The number of carbonyl (C=O) groups excluding carboxylic acids is 1. The fourth-order valence-corrected chi connectivity index (χ4v) is 2.72. The Morgan fingerprint density at radius 1 is 1.46 bits per heavy atom. The molecule has 9 heteroatoms. The van der Waals surface area contributed by atoms with Crippen LogP contribution < -0.4 is 10.2 Å². The molecule has 0 aliphatic rings. The number of hydrazone groups is 1. The van der Waals surface area contributed by atoms with E-state index in [0.29, 0.717) is 5.75 Å². The Morgan fingerprint density at radius 2 is 2.21 bits per heavy atom. The van der Waals surface area contributed by atoms with Crippen LogP contribution in [0.3, 0.4) is 0 Å². The predicted molar refractivity (Wildman–Crippen MR) is 90.2 cm³/mol. The molecular formula is C15H14BrN3O5. The first-order chi connectivity index (χ1) is 11.4. The van der Waals surface area contributed by atoms with Gasteiger partial charge < -0.3 is 9.15 Å². The zero-order valence-corrected chi connectivity index (χ0v) is 14.5. The molecule has 0 spiro atoms. The molecule has 0 radical (unpaired) electrons. The highest BCUT2D eigenvalue weighted by Gasteiger charge is 2.11. The van der Waals surface area contributed by atoms with Crippen molar-refractivity contribution in [3.63, 3.8) is 0 Å². The third-order valence-electron chi connectivity index (χ3n) is 2.89. The molecule has 126 valence electrons. The molecule has 0 aliphatic heterocycles. The maximum Gasteiger partial charge on any atom is 0.433 e. The summed E-state index contributed by atoms with van der Waals surface area (Å²) < 4.78 is 11.1. The maximum absolute atomic E-state index is 11.7. The molecule has 0 saturated carbocycles. The molecule has 24 heavy (non-hydrogen) atoms. The molecular weight excluding hydrogens is 382 g/mol. The van der Waals surface area contributed by atoms with Crippen LogP contribution in [-0.4, -0.2) is 23.7 Å². The molecule has 1 aromatic heterocycles. The summed E-state index contributed by atoms with van der Waals surface area (Å²) in [7, 11) is 0. The van der Waals surface area contributed by atoms with Crippen LogP contribution in [0.15, 0.2) is 38.3 Å². The minimum absolute atomic E-state index is 0.153. The van der Waals surface area contributed by atoms with Crippen LogP contribution in [0.1, 0.15) is 16.9 Å². The summed E-state index contributed by atoms with van der Waals surface area (Å²) in [6.07, 6.45) is 1.16. The fraction of sp³-hybridized carbons (Fsp3) is 0.200. The predicted octanol–water partition coefficient (Wildman–Crippen LogP) is 3.10. The van der Waals surface area contributed by atoms with Gasteiger partial charge in [0.15, 0.2) is 12.4 Å². The normalized spacial score (nSPS) is 10.8. The van der Waals surface area contributed by atoms with E-state index in [-0.39, 0.29) is 12.4 Å². The number of rotatable bonds is 6. The largest absolute Gasteiger partial charge is 0.482 e. The van der Waals surface area contributed by atoms with Gasteiger partial charge in [-0.3, -0.25) is 14.9 Å². The zero-order valence-electron chi connectivity index (χ0n) is 12.9. The highest BCUT2D eigenvalue weighted by Crippen LogP contribution is 2.30. The number of hydrogen-bond donors (Lipinski definition) is 1. The van der Waals surface area contributed by atoms with Crippen LogP contribution in [0.25, 0.3) is 0 Å². The molecule has 0 fully saturated rings. The van der Waals surface area contributed by atoms with Gasteiger partial charge in [0.2, 0.25) is 0 Å². The summed E-state index contributed by atoms with van der Waals surface area (Å²) in [5.74, 6) is -0.133. The van der Waals surface area contributed by atoms with E-state index in [4.69, 9.17) is 9.15 Å². The number of amides is 1. The van der Waals surface area contributed by atoms with Gasteiger partial charge >= 0.3 is 5.88 Å². The molecule has 0 saturated heterocycles. The first-order valence-corrected chi connectivity index (χ1v) is 7.62. The highest BCUT2D eigenvalue weighted by molar-refractivity contribution is 9.10. The lowest BCUT2D eigenvalue weighted by molar-refractivity contribution is -0.402. The van der Waals surface area contributed by atoms with Gasteiger partial charge in [-0.25, -0.2) is 5.43 Å². The van der Waals surface area contributed by atoms with Crippen molar-refractivity contribution < 1.29 is 18.9 Å². The van der Waals surface area contributed by atoms with Gasteiger partial charge in [0.1, 0.15) is 10.7 Å². The Hall–Kier alpha value is -2.68. The number of ether oxygens (including phenoxy) is 1. The second kappa shape index (κ2) is 7.73. The number of benzene rings is 1. The van der Waals surface area contributed by atoms with Crippen LogP contribution in [0.2, 0.25) is 0 Å². The van der Waals surface area contributed by atoms with E-state index in [1.165, 1.54) is 12.1 Å². The monoisotopic (exact) mass is 395 g/mol. The summed E-state index contributed by atoms with van der Waals surface area (Å²) in [4.78, 5) is 21.5. The Kier molecular flexibility index (Phi) is 5.69. The van der Waals surface area contributed by atoms with E-state index in [1.807, 2.05) is 26.0 Å². The van der Waals surface area contributed by atoms with Gasteiger partial charge in [-0.15, -0.1) is 0 Å². The average Bonchev–Trinajstić information content (AvgIpc) is 2.95. The number of nitrogens with one attached hydrogen (secondary N) is 1. The number of aryl methyl sites for hydroxylation is 2. The average molecular weight is 396 g/mol. The number of nitrogens with zero attached hydrogens (tertiary/aromatic N) is 2. The molecule has 0 unspecified atom stereocenters. The third kappa shape index (κ3) is 4.66. The van der Waals surface area contributed by atoms with Crippen molar-refractivity contribution in [2.24, 2.45) is 5.10 Å². The molecule has 1 N–H and O–H groups in total. The number of carbonyl (C=O) groups is 1. The standard InChI is InChI=1S/C15H14BrN3O5/c1-9-5-10(2)15(12(16)6-9)23-8-13(20)18-17-7-11-3-4-14(24-11)19(21)22/h3-7H,8H2,1-2H3,(H,18,20). The van der Waals surface area contributed by atoms with Gasteiger partial charge in [0, 0.05) is 0 Å². The lowest BCUT2D eigenvalue weighted by Gasteiger charge is -2.11. The van der Waals surface area contributed by atoms with E-state index in [0.717, 1.165) is 21.8 Å². The lowest BCUT2D eigenvalue weighted by atomic mass is 10.1. The summed E-state index contributed by atoms with van der Waals surface area (Å²) in [5.41, 5.74) is 4.23. The van der Waals surface area contributed by atoms with Crippen molar-refractivity contribution in [2.75, 3.05) is 6.61 Å². The molecule has 0 bridgehead atoms. The Bertz CT molecular complexity index is 777. The third-order valence-corrected chi connectivity index (χ3v) is 3.48. The maximum atomic E-state index is 11.7. The van der Waals surface area contributed by atoms with Gasteiger partial charge in [-0.2, -0.15) is 5.10 Å². The van der Waals surface area contributed by atoms with Crippen molar-refractivity contribution in [1.29, 1.82) is 0 Å². The van der Waals surface area contributed by atoms with Crippen LogP contribution in [0, 0.1) is 24.0 Å². The van der Waals surface area contributed by atoms with Crippen LogP contribution in [0.5, 0.6) is 5.75 Å². The number of nitro groups is 1. The summed E-state index contributed by atoms with van der Waals surface area (Å²) in [5, 5.41) is 14.1. The second-order valence-electron chi connectivity index (χ2n) is 4.91. The first kappa shape index (κ1) is 17.7. The molecule has 2 rings (SSSR count). The molecule has 8 nitrogen and oxygen atoms in total. The Balaban J connectivity index is 1.87. The molecule has 1 amide bonds. The van der Waals surface area contributed by atoms with Gasteiger partial charge in [0.25, 0.3) is 5.91 Å². The Morgan fingerprint density at radius 3 is 2.83 bits per heavy atom. The summed E-state index contributed by atoms with van der Waals surface area (Å²) in [6, 6.07) is 6.41. The van der Waals surface area contributed by atoms with Crippen LogP contribution >= 0.6 is 15.9 Å². The van der Waals surface area contributed by atoms with Gasteiger partial charge in [0.05, 0.1) is 16.8 Å². The van der Waals surface area contributed by atoms with Crippen molar-refractivity contribution in [3.8, 4) is 5.75 Å². The summed E-state index contributed by atoms with van der Waals surface area (Å²) in [6.45, 7) is 3.62. The van der Waals surface area contributed by atoms with Crippen molar-refractivity contribution in [1.82, 2.24) is 5.43 Å². The van der Waals surface area contributed by atoms with E-state index in [2.05, 4.69) is 26.5 Å². The van der Waals surface area contributed by atoms with Gasteiger partial charge in [-0.05, 0) is 53.0 Å². The number of furan rings is 1. The lowest BCUT2D eigenvalue weighted by Crippen LogP contribution is -2.24. The minimum Gasteiger partial charge on any atom is -0.482 e. The van der Waals surface area contributed by atoms with E-state index in [9.17, 15) is 14.9 Å². The Labute approximate surface area is 145 Å². The van der Waals surface area contributed by atoms with Crippen LogP contribution in [0.4, 0.5) is 5.88 Å². The molecule has 0 atom stereocenters. The first-order valence-electron chi connectivity index (χ1n) is 6.82. The molecule has 0 aliphatic carbocycles. The second-order valence-corrected chi connectivity index (χ2v) is 5.76. The molecule has 1 heterocycles. The van der Waals surface area contributed by atoms with Crippen molar-refractivity contribution in [2.45, 2.75) is 13.8 Å². The fourth-order valence-electron chi connectivity index (χ4n) is 1.93. The van der Waals surface area contributed by atoms with E-state index >= 15 is 0 Å². The molecule has 1 aromatic carbocycles. The van der Waals surface area contributed by atoms with Crippen molar-refractivity contribution >= 4 is 33.9 Å². The van der Waals surface area contributed by atoms with Gasteiger partial charge in [-0.1, -0.05) is 6.07 Å². The quantitative estimate of drug-likeness (QED) is 0.459. The van der Waals surface area contributed by atoms with Crippen LogP contribution in [-0.2, 0) is 4.79 Å². The number of halogens is 1. The van der Waals surface area contributed by atoms with E-state index < -0.39 is 16.7 Å². The highest BCUT2D eigenvalue weighted by atomic mass is 79.9. The SMILES string of the molecule is Cc1cc(C)c(OCC(=O)NN=Cc2ccc([N+](=O)[O-])o2)c(Br)c1. The van der Waals surface area contributed by atoms with E-state index in [1.54, 1.807) is 0 Å². The minimum atomic E-state index is -0.661. The summed E-state index contributed by atoms with van der Waals surface area (Å²) >= 11 is 3.39. The van der Waals surface area contributed by atoms with Crippen molar-refractivity contribution in [3.05, 3.63) is 55.7 Å². The topological polar surface area (TPSA) is 107 Å². The number of hydrogen-bond acceptors (Lipinski definition) is 6. The zero-order chi connectivity index (χ0) is 17.7.